The Morgan fingerprint density at radius 2 is 1.73 bits per heavy atom. The molecule has 1 aliphatic carbocycles. The second-order valence-corrected chi connectivity index (χ2v) is 13.7. The second-order valence-electron chi connectivity index (χ2n) is 12.6. The van der Waals surface area contributed by atoms with Crippen LogP contribution in [0.5, 0.6) is 11.5 Å². The molecule has 224 valence electrons. The molecule has 5 atom stereocenters. The van der Waals surface area contributed by atoms with Crippen LogP contribution in [0, 0.1) is 18.8 Å². The van der Waals surface area contributed by atoms with E-state index >= 15 is 0 Å². The summed E-state index contributed by atoms with van der Waals surface area (Å²) in [6.07, 6.45) is 4.52. The van der Waals surface area contributed by atoms with Gasteiger partial charge in [-0.15, -0.1) is 11.8 Å². The molecular weight excluding hydrogens is 538 g/mol. The summed E-state index contributed by atoms with van der Waals surface area (Å²) in [7, 11) is 0. The molecule has 1 saturated heterocycles. The number of carbonyl (C=O) groups excluding carboxylic acids is 2. The van der Waals surface area contributed by atoms with Crippen molar-refractivity contribution in [1.82, 2.24) is 15.5 Å². The van der Waals surface area contributed by atoms with Gasteiger partial charge in [-0.2, -0.15) is 0 Å². The second kappa shape index (κ2) is 13.5. The average Bonchev–Trinajstić information content (AvgIpc) is 2.93. The molecule has 8 nitrogen and oxygen atoms in total. The quantitative estimate of drug-likeness (QED) is 0.218. The number of rotatable bonds is 9. The van der Waals surface area contributed by atoms with E-state index in [9.17, 15) is 24.9 Å². The van der Waals surface area contributed by atoms with Gasteiger partial charge in [-0.1, -0.05) is 37.5 Å². The van der Waals surface area contributed by atoms with Gasteiger partial charge >= 0.3 is 0 Å². The number of hydrogen-bond donors (Lipinski definition) is 5. The third kappa shape index (κ3) is 8.17. The summed E-state index contributed by atoms with van der Waals surface area (Å²) in [5, 5.41) is 37.8. The minimum atomic E-state index is -0.939. The van der Waals surface area contributed by atoms with Gasteiger partial charge in [0.05, 0.1) is 18.2 Å². The predicted molar refractivity (Wildman–Crippen MR) is 162 cm³/mol. The molecule has 41 heavy (non-hydrogen) atoms. The molecule has 2 aliphatic rings. The summed E-state index contributed by atoms with van der Waals surface area (Å²) in [6.45, 7) is 8.51. The minimum Gasteiger partial charge on any atom is -0.504 e. The van der Waals surface area contributed by atoms with Gasteiger partial charge in [-0.05, 0) is 76.6 Å². The number of nitrogens with zero attached hydrogens (tertiary/aromatic N) is 1. The normalized spacial score (nSPS) is 22.8. The number of carbonyl (C=O) groups is 2. The van der Waals surface area contributed by atoms with Crippen molar-refractivity contribution < 1.29 is 24.9 Å². The highest BCUT2D eigenvalue weighted by atomic mass is 32.2. The monoisotopic (exact) mass is 583 g/mol. The fourth-order valence-corrected chi connectivity index (χ4v) is 7.15. The van der Waals surface area contributed by atoms with Gasteiger partial charge in [0.15, 0.2) is 11.5 Å². The number of aromatic hydroxyl groups is 2. The maximum Gasteiger partial charge on any atom is 0.252 e. The predicted octanol–water partition coefficient (Wildman–Crippen LogP) is 4.45. The van der Waals surface area contributed by atoms with E-state index in [-0.39, 0.29) is 46.7 Å². The maximum atomic E-state index is 13.5. The number of amides is 2. The Hall–Kier alpha value is -2.75. The van der Waals surface area contributed by atoms with Crippen LogP contribution in [0.25, 0.3) is 0 Å². The van der Waals surface area contributed by atoms with Crippen molar-refractivity contribution in [3.8, 4) is 11.5 Å². The van der Waals surface area contributed by atoms with Crippen LogP contribution in [0.2, 0.25) is 0 Å². The number of hydrogen-bond acceptors (Lipinski definition) is 7. The number of aliphatic hydroxyl groups is 1. The largest absolute Gasteiger partial charge is 0.504 e. The van der Waals surface area contributed by atoms with Crippen molar-refractivity contribution in [1.29, 1.82) is 0 Å². The smallest absolute Gasteiger partial charge is 0.252 e. The molecule has 1 aliphatic heterocycles. The molecule has 0 bridgehead atoms. The van der Waals surface area contributed by atoms with E-state index in [0.717, 1.165) is 30.7 Å². The molecule has 2 aromatic rings. The zero-order valence-corrected chi connectivity index (χ0v) is 25.4. The lowest BCUT2D eigenvalue weighted by molar-refractivity contribution is -0.132. The molecule has 9 heteroatoms. The van der Waals surface area contributed by atoms with Crippen LogP contribution >= 0.6 is 11.8 Å². The molecule has 1 saturated carbocycles. The number of piperidine rings is 1. The molecule has 0 aromatic heterocycles. The number of phenols is 2. The fourth-order valence-electron chi connectivity index (χ4n) is 6.12. The number of thioether (sulfide) groups is 1. The zero-order valence-electron chi connectivity index (χ0n) is 24.6. The number of phenolic OH excluding ortho intramolecular Hbond substituents is 2. The molecule has 4 rings (SSSR count). The van der Waals surface area contributed by atoms with Crippen LogP contribution in [0.15, 0.2) is 47.4 Å². The van der Waals surface area contributed by atoms with Crippen LogP contribution in [-0.2, 0) is 4.79 Å². The molecule has 0 radical (unpaired) electrons. The van der Waals surface area contributed by atoms with E-state index in [4.69, 9.17) is 0 Å². The summed E-state index contributed by atoms with van der Waals surface area (Å²) < 4.78 is 0. The number of likely N-dealkylation sites (tertiary alicyclic amines) is 1. The molecule has 5 unspecified atom stereocenters. The topological polar surface area (TPSA) is 122 Å². The van der Waals surface area contributed by atoms with E-state index in [0.29, 0.717) is 17.6 Å². The minimum absolute atomic E-state index is 0.0110. The lowest BCUT2D eigenvalue weighted by Gasteiger charge is -2.47. The first kappa shape index (κ1) is 31.2. The van der Waals surface area contributed by atoms with E-state index in [1.165, 1.54) is 36.7 Å². The van der Waals surface area contributed by atoms with Crippen molar-refractivity contribution in [3.63, 3.8) is 0 Å². The Morgan fingerprint density at radius 1 is 1.05 bits per heavy atom. The molecule has 1 heterocycles. The number of fused-ring (bicyclic) bond motifs is 1. The van der Waals surface area contributed by atoms with Gasteiger partial charge in [-0.3, -0.25) is 14.5 Å². The molecule has 0 spiro atoms. The zero-order chi connectivity index (χ0) is 29.7. The summed E-state index contributed by atoms with van der Waals surface area (Å²) >= 11 is 1.54. The third-order valence-corrected chi connectivity index (χ3v) is 9.46. The third-order valence-electron chi connectivity index (χ3n) is 8.33. The van der Waals surface area contributed by atoms with Crippen molar-refractivity contribution in [2.45, 2.75) is 88.4 Å². The maximum absolute atomic E-state index is 13.5. The van der Waals surface area contributed by atoms with Crippen LogP contribution in [-0.4, -0.2) is 74.6 Å². The lowest BCUT2D eigenvalue weighted by atomic mass is 9.72. The molecule has 5 N–H and O–H groups in total. The first-order valence-corrected chi connectivity index (χ1v) is 15.7. The Bertz CT molecular complexity index is 1200. The number of aliphatic hydroxyl groups excluding tert-OH is 1. The number of benzene rings is 2. The molecular formula is C32H45N3O5S. The van der Waals surface area contributed by atoms with Gasteiger partial charge in [0.25, 0.3) is 5.91 Å². The van der Waals surface area contributed by atoms with E-state index < -0.39 is 18.1 Å². The van der Waals surface area contributed by atoms with E-state index in [2.05, 4.69) is 15.5 Å². The van der Waals surface area contributed by atoms with Crippen LogP contribution in [0.4, 0.5) is 0 Å². The standard InChI is InChI=1S/C32H45N3O5S/c1-20-24(14-15-27(36)29(20)38)30(39)33-25(19-41-23-12-6-5-7-13-23)28(37)18-35-17-22-11-9-8-10-21(22)16-26(35)31(40)34-32(2,3)4/h5-7,12-15,21-22,25-26,28,36-38H,8-11,16-19H2,1-4H3,(H,33,39)(H,34,40). The summed E-state index contributed by atoms with van der Waals surface area (Å²) in [4.78, 5) is 30.0. The van der Waals surface area contributed by atoms with Gasteiger partial charge in [0, 0.05) is 40.4 Å². The van der Waals surface area contributed by atoms with Crippen molar-refractivity contribution >= 4 is 23.6 Å². The highest BCUT2D eigenvalue weighted by molar-refractivity contribution is 7.99. The summed E-state index contributed by atoms with van der Waals surface area (Å²) in [5.41, 5.74) is 0.138. The Balaban J connectivity index is 1.55. The van der Waals surface area contributed by atoms with Gasteiger partial charge in [0.2, 0.25) is 5.91 Å². The van der Waals surface area contributed by atoms with E-state index in [1.54, 1.807) is 6.92 Å². The molecule has 2 aromatic carbocycles. The Kier molecular flexibility index (Phi) is 10.3. The van der Waals surface area contributed by atoms with Crippen molar-refractivity contribution in [2.75, 3.05) is 18.8 Å². The number of nitrogens with one attached hydrogen (secondary N) is 2. The first-order chi connectivity index (χ1) is 19.4. The van der Waals surface area contributed by atoms with Crippen LogP contribution < -0.4 is 10.6 Å². The highest BCUT2D eigenvalue weighted by Crippen LogP contribution is 2.39. The Morgan fingerprint density at radius 3 is 2.41 bits per heavy atom. The van der Waals surface area contributed by atoms with Crippen molar-refractivity contribution in [3.05, 3.63) is 53.6 Å². The average molecular weight is 584 g/mol. The van der Waals surface area contributed by atoms with Crippen LogP contribution in [0.3, 0.4) is 0 Å². The number of β-amino-alcohol motifs (C(OH)–C–C–N with tert-alkyl or cyclic N) is 1. The molecule has 2 fully saturated rings. The highest BCUT2D eigenvalue weighted by Gasteiger charge is 2.41. The fraction of sp³-hybridized carbons (Fsp3) is 0.562. The van der Waals surface area contributed by atoms with Crippen LogP contribution in [0.1, 0.15) is 68.8 Å². The van der Waals surface area contributed by atoms with E-state index in [1.807, 2.05) is 51.1 Å². The Labute approximate surface area is 247 Å². The summed E-state index contributed by atoms with van der Waals surface area (Å²) in [5.74, 6) is 0.356. The SMILES string of the molecule is Cc1c(C(=O)NC(CSc2ccccc2)C(O)CN2CC3CCCCC3CC2C(=O)NC(C)(C)C)ccc(O)c1O. The molecule has 2 amide bonds. The van der Waals surface area contributed by atoms with Gasteiger partial charge in [-0.25, -0.2) is 0 Å². The van der Waals surface area contributed by atoms with Gasteiger partial charge < -0.3 is 26.0 Å². The van der Waals surface area contributed by atoms with Gasteiger partial charge in [0.1, 0.15) is 0 Å². The summed E-state index contributed by atoms with van der Waals surface area (Å²) in [6, 6.07) is 11.6. The lowest BCUT2D eigenvalue weighted by Crippen LogP contribution is -2.60. The first-order valence-electron chi connectivity index (χ1n) is 14.7. The van der Waals surface area contributed by atoms with Crippen molar-refractivity contribution in [2.24, 2.45) is 11.8 Å².